The second-order valence-corrected chi connectivity index (χ2v) is 9.90. The normalized spacial score (nSPS) is 21.1. The monoisotopic (exact) mass is 500 g/mol. The maximum atomic E-state index is 13.9. The van der Waals surface area contributed by atoms with Crippen LogP contribution in [0.3, 0.4) is 0 Å². The average Bonchev–Trinajstić information content (AvgIpc) is 3.23. The molecule has 0 spiro atoms. The molecule has 2 saturated carbocycles. The smallest absolute Gasteiger partial charge is 0.317 e. The molecule has 3 fully saturated rings. The van der Waals surface area contributed by atoms with Gasteiger partial charge >= 0.3 is 6.03 Å². The lowest BCUT2D eigenvalue weighted by Gasteiger charge is -2.33. The van der Waals surface area contributed by atoms with Crippen LogP contribution >= 0.6 is 0 Å². The predicted octanol–water partition coefficient (Wildman–Crippen LogP) is 2.81. The van der Waals surface area contributed by atoms with Gasteiger partial charge < -0.3 is 15.5 Å². The number of carbonyl (C=O) groups is 2. The Morgan fingerprint density at radius 2 is 2.06 bits per heavy atom. The van der Waals surface area contributed by atoms with E-state index in [1.165, 1.54) is 0 Å². The molecule has 0 radical (unpaired) electrons. The molecule has 36 heavy (non-hydrogen) atoms. The lowest BCUT2D eigenvalue weighted by atomic mass is 9.81. The van der Waals surface area contributed by atoms with Crippen molar-refractivity contribution in [3.63, 3.8) is 0 Å². The number of amides is 3. The third-order valence-electron chi connectivity index (χ3n) is 7.25. The number of imidazole rings is 1. The summed E-state index contributed by atoms with van der Waals surface area (Å²) in [6, 6.07) is 1.11. The van der Waals surface area contributed by atoms with Crippen molar-refractivity contribution >= 4 is 17.6 Å². The van der Waals surface area contributed by atoms with Crippen LogP contribution in [0.2, 0.25) is 0 Å². The Hall–Kier alpha value is -3.64. The minimum atomic E-state index is -2.70. The quantitative estimate of drug-likeness (QED) is 0.510. The van der Waals surface area contributed by atoms with Gasteiger partial charge in [0, 0.05) is 38.4 Å². The van der Waals surface area contributed by atoms with E-state index in [0.717, 1.165) is 18.4 Å². The summed E-state index contributed by atoms with van der Waals surface area (Å²) >= 11 is 0. The molecular weight excluding hydrogens is 474 g/mol. The highest BCUT2D eigenvalue weighted by Crippen LogP contribution is 2.42. The number of fused-ring (bicyclic) bond motifs is 1. The van der Waals surface area contributed by atoms with Crippen LogP contribution in [-0.4, -0.2) is 60.8 Å². The third kappa shape index (κ3) is 4.49. The van der Waals surface area contributed by atoms with E-state index in [1.54, 1.807) is 21.8 Å². The lowest BCUT2D eigenvalue weighted by Crippen LogP contribution is -2.37. The van der Waals surface area contributed by atoms with Crippen molar-refractivity contribution in [1.82, 2.24) is 40.4 Å². The zero-order chi connectivity index (χ0) is 24.9. The summed E-state index contributed by atoms with van der Waals surface area (Å²) in [5, 5.41) is 17.9. The van der Waals surface area contributed by atoms with Crippen LogP contribution in [0.25, 0.3) is 5.65 Å². The van der Waals surface area contributed by atoms with E-state index in [-0.39, 0.29) is 49.2 Å². The molecule has 4 heterocycles. The van der Waals surface area contributed by atoms with E-state index in [0.29, 0.717) is 36.7 Å². The molecule has 3 aromatic heterocycles. The van der Waals surface area contributed by atoms with E-state index in [1.807, 2.05) is 6.07 Å². The molecular formula is C23H26F2N8O3. The maximum Gasteiger partial charge on any atom is 0.317 e. The fraction of sp³-hybridized carbons (Fsp3) is 0.565. The van der Waals surface area contributed by atoms with Crippen LogP contribution in [0.15, 0.2) is 23.1 Å². The molecule has 190 valence electrons. The molecule has 13 heteroatoms. The van der Waals surface area contributed by atoms with Gasteiger partial charge in [0.25, 0.3) is 5.91 Å². The van der Waals surface area contributed by atoms with Crippen molar-refractivity contribution in [2.24, 2.45) is 5.92 Å². The van der Waals surface area contributed by atoms with Crippen LogP contribution in [0.1, 0.15) is 77.9 Å². The van der Waals surface area contributed by atoms with Gasteiger partial charge in [0.15, 0.2) is 11.3 Å². The predicted molar refractivity (Wildman–Crippen MR) is 120 cm³/mol. The molecule has 1 saturated heterocycles. The number of hydrogen-bond acceptors (Lipinski definition) is 7. The first-order valence-electron chi connectivity index (χ1n) is 12.2. The Morgan fingerprint density at radius 3 is 2.78 bits per heavy atom. The fourth-order valence-corrected chi connectivity index (χ4v) is 5.07. The van der Waals surface area contributed by atoms with Gasteiger partial charge in [-0.2, -0.15) is 5.10 Å². The molecule has 0 aromatic carbocycles. The highest BCUT2D eigenvalue weighted by atomic mass is 19.3. The summed E-state index contributed by atoms with van der Waals surface area (Å²) in [6.45, 7) is 1.62. The Bertz CT molecular complexity index is 1290. The van der Waals surface area contributed by atoms with Gasteiger partial charge in [-0.15, -0.1) is 0 Å². The first-order chi connectivity index (χ1) is 17.4. The van der Waals surface area contributed by atoms with Crippen LogP contribution in [-0.2, 0) is 6.54 Å². The van der Waals surface area contributed by atoms with E-state index in [9.17, 15) is 18.4 Å². The Balaban J connectivity index is 1.27. The van der Waals surface area contributed by atoms with Crippen molar-refractivity contribution in [3.05, 3.63) is 41.1 Å². The molecule has 6 rings (SSSR count). The average molecular weight is 501 g/mol. The zero-order valence-corrected chi connectivity index (χ0v) is 19.5. The topological polar surface area (TPSA) is 131 Å². The third-order valence-corrected chi connectivity index (χ3v) is 7.25. The SMILES string of the molecule is O=C(N[C@H](c1cn2ncc(CN3CCNC3=O)cc2n1)C1CCC(F)(F)CC1)c1nonc1C1CC1. The zero-order valence-electron chi connectivity index (χ0n) is 19.5. The standard InChI is InChI=1S/C23H26F2N8O3/c24-23(25)5-3-15(4-6-23)18(29-21(34)20-19(14-1-2-14)30-36-31-20)16-12-33-17(28-16)9-13(10-27-33)11-32-8-7-26-22(32)35/h9-10,12,14-15,18H,1-8,11H2,(H,26,35)(H,29,34)/t18-/m0/s1. The van der Waals surface area contributed by atoms with E-state index < -0.39 is 17.9 Å². The second-order valence-electron chi connectivity index (χ2n) is 9.90. The molecule has 3 aliphatic rings. The molecule has 2 N–H and O–H groups in total. The van der Waals surface area contributed by atoms with Gasteiger partial charge in [0.05, 0.1) is 24.1 Å². The number of urea groups is 1. The van der Waals surface area contributed by atoms with Gasteiger partial charge in [-0.3, -0.25) is 4.79 Å². The molecule has 3 aromatic rings. The number of rotatable bonds is 7. The molecule has 1 atom stereocenters. The fourth-order valence-electron chi connectivity index (χ4n) is 5.07. The van der Waals surface area contributed by atoms with Gasteiger partial charge in [-0.05, 0) is 48.4 Å². The molecule has 1 aliphatic heterocycles. The number of nitrogens with zero attached hydrogens (tertiary/aromatic N) is 6. The van der Waals surface area contributed by atoms with Crippen LogP contribution in [0.5, 0.6) is 0 Å². The van der Waals surface area contributed by atoms with Crippen LogP contribution < -0.4 is 10.6 Å². The number of hydrogen-bond donors (Lipinski definition) is 2. The Kier molecular flexibility index (Phi) is 5.56. The van der Waals surface area contributed by atoms with Crippen molar-refractivity contribution in [3.8, 4) is 0 Å². The molecule has 0 bridgehead atoms. The highest BCUT2D eigenvalue weighted by Gasteiger charge is 2.40. The number of nitrogens with one attached hydrogen (secondary N) is 2. The second kappa shape index (κ2) is 8.79. The van der Waals surface area contributed by atoms with Gasteiger partial charge in [-0.25, -0.2) is 27.7 Å². The van der Waals surface area contributed by atoms with Crippen molar-refractivity contribution < 1.29 is 23.0 Å². The number of alkyl halides is 2. The first-order valence-corrected chi connectivity index (χ1v) is 12.2. The summed E-state index contributed by atoms with van der Waals surface area (Å²) in [5.41, 5.74) is 2.57. The molecule has 0 unspecified atom stereocenters. The van der Waals surface area contributed by atoms with Gasteiger partial charge in [0.1, 0.15) is 5.69 Å². The summed E-state index contributed by atoms with van der Waals surface area (Å²) in [7, 11) is 0. The van der Waals surface area contributed by atoms with Crippen molar-refractivity contribution in [2.45, 2.75) is 63.0 Å². The summed E-state index contributed by atoms with van der Waals surface area (Å²) in [5.74, 6) is -3.21. The largest absolute Gasteiger partial charge is 0.342 e. The number of halogens is 2. The molecule has 3 amide bonds. The van der Waals surface area contributed by atoms with Crippen molar-refractivity contribution in [2.75, 3.05) is 13.1 Å². The minimum absolute atomic E-state index is 0.122. The molecule has 11 nitrogen and oxygen atoms in total. The van der Waals surface area contributed by atoms with Crippen LogP contribution in [0, 0.1) is 5.92 Å². The minimum Gasteiger partial charge on any atom is -0.342 e. The summed E-state index contributed by atoms with van der Waals surface area (Å²) < 4.78 is 34.2. The summed E-state index contributed by atoms with van der Waals surface area (Å²) in [6.07, 6.45) is 5.25. The van der Waals surface area contributed by atoms with Crippen molar-refractivity contribution in [1.29, 1.82) is 0 Å². The van der Waals surface area contributed by atoms with Crippen LogP contribution in [0.4, 0.5) is 13.6 Å². The first kappa shape index (κ1) is 22.8. The Morgan fingerprint density at radius 1 is 1.25 bits per heavy atom. The van der Waals surface area contributed by atoms with E-state index >= 15 is 0 Å². The lowest BCUT2D eigenvalue weighted by molar-refractivity contribution is -0.0495. The van der Waals surface area contributed by atoms with Gasteiger partial charge in [-0.1, -0.05) is 5.16 Å². The van der Waals surface area contributed by atoms with Gasteiger partial charge in [0.2, 0.25) is 5.92 Å². The number of aromatic nitrogens is 5. The van der Waals surface area contributed by atoms with E-state index in [4.69, 9.17) is 9.61 Å². The maximum absolute atomic E-state index is 13.9. The van der Waals surface area contributed by atoms with E-state index in [2.05, 4.69) is 26.0 Å². The molecule has 2 aliphatic carbocycles. The summed E-state index contributed by atoms with van der Waals surface area (Å²) in [4.78, 5) is 31.5. The number of carbonyl (C=O) groups excluding carboxylic acids is 2. The highest BCUT2D eigenvalue weighted by molar-refractivity contribution is 5.93. The Labute approximate surface area is 204 Å².